The van der Waals surface area contributed by atoms with Crippen molar-refractivity contribution in [1.29, 1.82) is 0 Å². The predicted molar refractivity (Wildman–Crippen MR) is 57.9 cm³/mol. The molecule has 0 amide bonds. The summed E-state index contributed by atoms with van der Waals surface area (Å²) in [6.45, 7) is 4.65. The molecule has 0 aliphatic carbocycles. The molecule has 1 heterocycles. The smallest absolute Gasteiger partial charge is 0.425 e. The Balaban J connectivity index is 3.00. The van der Waals surface area contributed by atoms with Gasteiger partial charge < -0.3 is 10.5 Å². The molecular weight excluding hydrogens is 235 g/mol. The van der Waals surface area contributed by atoms with E-state index in [9.17, 15) is 13.2 Å². The summed E-state index contributed by atoms with van der Waals surface area (Å²) in [5, 5.41) is 4.04. The average molecular weight is 251 g/mol. The van der Waals surface area contributed by atoms with E-state index in [0.29, 0.717) is 5.69 Å². The molecule has 1 atom stereocenters. The minimum atomic E-state index is -4.42. The number of rotatable bonds is 3. The Morgan fingerprint density at radius 1 is 1.29 bits per heavy atom. The fraction of sp³-hybridized carbons (Fsp3) is 0.700. The quantitative estimate of drug-likeness (QED) is 0.897. The zero-order valence-electron chi connectivity index (χ0n) is 10.2. The number of aromatic nitrogens is 2. The van der Waals surface area contributed by atoms with Crippen LogP contribution in [-0.4, -0.2) is 22.1 Å². The lowest BCUT2D eigenvalue weighted by molar-refractivity contribution is -0.190. The minimum Gasteiger partial charge on any atom is -0.464 e. The molecule has 98 valence electrons. The summed E-state index contributed by atoms with van der Waals surface area (Å²) in [5.41, 5.74) is 6.43. The Morgan fingerprint density at radius 2 is 1.82 bits per heavy atom. The first kappa shape index (κ1) is 13.7. The third-order valence-corrected chi connectivity index (χ3v) is 2.35. The summed E-state index contributed by atoms with van der Waals surface area (Å²) in [7, 11) is 1.50. The Kier molecular flexibility index (Phi) is 3.59. The van der Waals surface area contributed by atoms with Crippen LogP contribution in [0.4, 0.5) is 18.9 Å². The first-order chi connectivity index (χ1) is 7.64. The molecule has 0 fully saturated rings. The Labute approximate surface area is 97.5 Å². The second-order valence-electron chi connectivity index (χ2n) is 4.18. The summed E-state index contributed by atoms with van der Waals surface area (Å²) >= 11 is 0. The van der Waals surface area contributed by atoms with E-state index in [1.807, 2.05) is 13.8 Å². The molecule has 0 aliphatic heterocycles. The molecule has 1 rings (SSSR count). The van der Waals surface area contributed by atoms with Crippen LogP contribution >= 0.6 is 0 Å². The van der Waals surface area contributed by atoms with Crippen molar-refractivity contribution in [3.05, 3.63) is 5.69 Å². The summed E-state index contributed by atoms with van der Waals surface area (Å²) in [6.07, 6.45) is -6.34. The number of nitrogen functional groups attached to an aromatic ring is 1. The molecule has 0 saturated carbocycles. The Bertz CT molecular complexity index is 398. The highest BCUT2D eigenvalue weighted by atomic mass is 19.4. The monoisotopic (exact) mass is 251 g/mol. The number of anilines is 1. The van der Waals surface area contributed by atoms with Gasteiger partial charge in [-0.15, -0.1) is 0 Å². The second kappa shape index (κ2) is 4.46. The molecule has 1 unspecified atom stereocenters. The lowest BCUT2D eigenvalue weighted by Gasteiger charge is -2.17. The highest BCUT2D eigenvalue weighted by Crippen LogP contribution is 2.32. The summed E-state index contributed by atoms with van der Waals surface area (Å²) in [5.74, 6) is -0.0155. The standard InChI is InChI=1S/C10H16F3N3O/c1-5(2)8-7(14)9(16(4)15-8)17-6(3)10(11,12)13/h5-6H,14H2,1-4H3. The topological polar surface area (TPSA) is 53.1 Å². The van der Waals surface area contributed by atoms with Gasteiger partial charge in [0.15, 0.2) is 6.10 Å². The molecule has 0 spiro atoms. The maximum absolute atomic E-state index is 12.4. The van der Waals surface area contributed by atoms with Gasteiger partial charge in [0.25, 0.3) is 0 Å². The van der Waals surface area contributed by atoms with Gasteiger partial charge in [0, 0.05) is 7.05 Å². The van der Waals surface area contributed by atoms with Crippen LogP contribution in [-0.2, 0) is 7.05 Å². The molecule has 0 aromatic carbocycles. The van der Waals surface area contributed by atoms with Crippen LogP contribution in [0, 0.1) is 0 Å². The predicted octanol–water partition coefficient (Wildman–Crippen LogP) is 2.46. The van der Waals surface area contributed by atoms with Crippen molar-refractivity contribution in [1.82, 2.24) is 9.78 Å². The van der Waals surface area contributed by atoms with Crippen LogP contribution in [0.2, 0.25) is 0 Å². The van der Waals surface area contributed by atoms with E-state index in [-0.39, 0.29) is 17.5 Å². The molecule has 0 bridgehead atoms. The zero-order valence-corrected chi connectivity index (χ0v) is 10.2. The van der Waals surface area contributed by atoms with Crippen LogP contribution in [0.1, 0.15) is 32.4 Å². The molecule has 4 nitrogen and oxygen atoms in total. The van der Waals surface area contributed by atoms with E-state index in [2.05, 4.69) is 5.10 Å². The van der Waals surface area contributed by atoms with Crippen LogP contribution < -0.4 is 10.5 Å². The van der Waals surface area contributed by atoms with E-state index in [4.69, 9.17) is 10.5 Å². The van der Waals surface area contributed by atoms with E-state index < -0.39 is 12.3 Å². The van der Waals surface area contributed by atoms with Gasteiger partial charge in [0.1, 0.15) is 5.69 Å². The van der Waals surface area contributed by atoms with Gasteiger partial charge in [-0.3, -0.25) is 0 Å². The van der Waals surface area contributed by atoms with Crippen molar-refractivity contribution >= 4 is 5.69 Å². The molecular formula is C10H16F3N3O. The maximum Gasteiger partial charge on any atom is 0.425 e. The molecule has 7 heteroatoms. The van der Waals surface area contributed by atoms with Crippen molar-refractivity contribution in [3.8, 4) is 5.88 Å². The molecule has 17 heavy (non-hydrogen) atoms. The fourth-order valence-electron chi connectivity index (χ4n) is 1.35. The number of ether oxygens (including phenoxy) is 1. The summed E-state index contributed by atoms with van der Waals surface area (Å²) in [4.78, 5) is 0. The third kappa shape index (κ3) is 2.83. The SMILES string of the molecule is CC(C)c1nn(C)c(OC(C)C(F)(F)F)c1N. The largest absolute Gasteiger partial charge is 0.464 e. The molecule has 0 saturated heterocycles. The van der Waals surface area contributed by atoms with Crippen LogP contribution in [0.3, 0.4) is 0 Å². The third-order valence-electron chi connectivity index (χ3n) is 2.35. The fourth-order valence-corrected chi connectivity index (χ4v) is 1.35. The second-order valence-corrected chi connectivity index (χ2v) is 4.18. The van der Waals surface area contributed by atoms with Crippen molar-refractivity contribution in [2.75, 3.05) is 5.73 Å². The van der Waals surface area contributed by atoms with Gasteiger partial charge >= 0.3 is 6.18 Å². The number of alkyl halides is 3. The van der Waals surface area contributed by atoms with E-state index >= 15 is 0 Å². The van der Waals surface area contributed by atoms with E-state index in [0.717, 1.165) is 6.92 Å². The van der Waals surface area contributed by atoms with Gasteiger partial charge in [-0.05, 0) is 12.8 Å². The highest BCUT2D eigenvalue weighted by Gasteiger charge is 2.39. The number of aryl methyl sites for hydroxylation is 1. The van der Waals surface area contributed by atoms with Gasteiger partial charge in [-0.1, -0.05) is 13.8 Å². The van der Waals surface area contributed by atoms with E-state index in [1.165, 1.54) is 11.7 Å². The van der Waals surface area contributed by atoms with Gasteiger partial charge in [-0.2, -0.15) is 18.3 Å². The normalized spacial score (nSPS) is 14.1. The lowest BCUT2D eigenvalue weighted by atomic mass is 10.1. The number of halogens is 3. The average Bonchev–Trinajstić information content (AvgIpc) is 2.44. The molecule has 1 aromatic rings. The highest BCUT2D eigenvalue weighted by molar-refractivity contribution is 5.54. The maximum atomic E-state index is 12.4. The Hall–Kier alpha value is -1.40. The van der Waals surface area contributed by atoms with Crippen molar-refractivity contribution < 1.29 is 17.9 Å². The first-order valence-electron chi connectivity index (χ1n) is 5.20. The van der Waals surface area contributed by atoms with Crippen LogP contribution in [0.25, 0.3) is 0 Å². The van der Waals surface area contributed by atoms with Crippen molar-refractivity contribution in [2.45, 2.75) is 39.0 Å². The first-order valence-corrected chi connectivity index (χ1v) is 5.20. The number of hydrogen-bond acceptors (Lipinski definition) is 3. The minimum absolute atomic E-state index is 0.0275. The molecule has 2 N–H and O–H groups in total. The lowest BCUT2D eigenvalue weighted by Crippen LogP contribution is -2.32. The molecule has 1 aromatic heterocycles. The van der Waals surface area contributed by atoms with Gasteiger partial charge in [0.05, 0.1) is 5.69 Å². The number of nitrogens with zero attached hydrogens (tertiary/aromatic N) is 2. The van der Waals surface area contributed by atoms with Gasteiger partial charge in [-0.25, -0.2) is 4.68 Å². The number of hydrogen-bond donors (Lipinski definition) is 1. The molecule has 0 radical (unpaired) electrons. The van der Waals surface area contributed by atoms with Crippen molar-refractivity contribution in [2.24, 2.45) is 7.05 Å². The Morgan fingerprint density at radius 3 is 2.18 bits per heavy atom. The van der Waals surface area contributed by atoms with Crippen LogP contribution in [0.5, 0.6) is 5.88 Å². The zero-order chi connectivity index (χ0) is 13.4. The summed E-state index contributed by atoms with van der Waals surface area (Å²) in [6, 6.07) is 0. The van der Waals surface area contributed by atoms with E-state index in [1.54, 1.807) is 0 Å². The van der Waals surface area contributed by atoms with Crippen molar-refractivity contribution in [3.63, 3.8) is 0 Å². The number of nitrogens with two attached hydrogens (primary N) is 1. The van der Waals surface area contributed by atoms with Gasteiger partial charge in [0.2, 0.25) is 5.88 Å². The summed E-state index contributed by atoms with van der Waals surface area (Å²) < 4.78 is 43.2. The molecule has 0 aliphatic rings. The van der Waals surface area contributed by atoms with Crippen LogP contribution in [0.15, 0.2) is 0 Å².